The van der Waals surface area contributed by atoms with E-state index in [0.29, 0.717) is 11.8 Å². The number of halogens is 2. The lowest BCUT2D eigenvalue weighted by Gasteiger charge is -2.16. The van der Waals surface area contributed by atoms with Gasteiger partial charge in [0.05, 0.1) is 22.2 Å². The van der Waals surface area contributed by atoms with Gasteiger partial charge in [-0.15, -0.1) is 0 Å². The number of ether oxygens (including phenoxy) is 2. The van der Waals surface area contributed by atoms with Crippen LogP contribution in [0.4, 0.5) is 0 Å². The fourth-order valence-corrected chi connectivity index (χ4v) is 2.31. The average Bonchev–Trinajstić information content (AvgIpc) is 2.45. The summed E-state index contributed by atoms with van der Waals surface area (Å²) in [6.45, 7) is 10.2. The van der Waals surface area contributed by atoms with Crippen molar-refractivity contribution in [1.82, 2.24) is 0 Å². The molecular formula is C16H24Br2O2. The van der Waals surface area contributed by atoms with Gasteiger partial charge in [0.2, 0.25) is 0 Å². The Morgan fingerprint density at radius 3 is 1.50 bits per heavy atom. The molecule has 0 aromatic heterocycles. The Morgan fingerprint density at radius 2 is 1.20 bits per heavy atom. The van der Waals surface area contributed by atoms with E-state index in [-0.39, 0.29) is 0 Å². The topological polar surface area (TPSA) is 18.5 Å². The third kappa shape index (κ3) is 5.65. The van der Waals surface area contributed by atoms with Crippen LogP contribution in [0.15, 0.2) is 21.1 Å². The van der Waals surface area contributed by atoms with Crippen molar-refractivity contribution in [3.63, 3.8) is 0 Å². The molecule has 2 atom stereocenters. The van der Waals surface area contributed by atoms with E-state index in [0.717, 1.165) is 46.5 Å². The summed E-state index contributed by atoms with van der Waals surface area (Å²) in [6, 6.07) is 3.94. The fourth-order valence-electron chi connectivity index (χ4n) is 1.43. The second-order valence-electron chi connectivity index (χ2n) is 5.36. The van der Waals surface area contributed by atoms with Gasteiger partial charge < -0.3 is 9.47 Å². The van der Waals surface area contributed by atoms with Crippen molar-refractivity contribution < 1.29 is 9.47 Å². The smallest absolute Gasteiger partial charge is 0.134 e. The van der Waals surface area contributed by atoms with E-state index in [4.69, 9.17) is 9.47 Å². The van der Waals surface area contributed by atoms with E-state index in [2.05, 4.69) is 59.6 Å². The molecule has 0 aliphatic carbocycles. The number of rotatable bonds is 8. The molecule has 0 N–H and O–H groups in total. The zero-order chi connectivity index (χ0) is 15.1. The molecule has 114 valence electrons. The Kier molecular flexibility index (Phi) is 7.96. The van der Waals surface area contributed by atoms with Crippen LogP contribution < -0.4 is 9.47 Å². The van der Waals surface area contributed by atoms with Gasteiger partial charge in [-0.1, -0.05) is 40.5 Å². The molecule has 2 nitrogen and oxygen atoms in total. The van der Waals surface area contributed by atoms with Crippen molar-refractivity contribution in [1.29, 1.82) is 0 Å². The summed E-state index contributed by atoms with van der Waals surface area (Å²) in [5.74, 6) is 2.82. The second kappa shape index (κ2) is 8.93. The van der Waals surface area contributed by atoms with E-state index >= 15 is 0 Å². The second-order valence-corrected chi connectivity index (χ2v) is 7.07. The summed E-state index contributed by atoms with van der Waals surface area (Å²) < 4.78 is 13.5. The van der Waals surface area contributed by atoms with Crippen molar-refractivity contribution in [2.75, 3.05) is 13.2 Å². The van der Waals surface area contributed by atoms with Gasteiger partial charge in [0.15, 0.2) is 0 Å². The van der Waals surface area contributed by atoms with Crippen LogP contribution in [-0.4, -0.2) is 13.2 Å². The summed E-state index contributed by atoms with van der Waals surface area (Å²) >= 11 is 7.10. The highest BCUT2D eigenvalue weighted by Gasteiger charge is 2.11. The van der Waals surface area contributed by atoms with E-state index in [9.17, 15) is 0 Å². The molecule has 0 unspecified atom stereocenters. The average molecular weight is 408 g/mol. The molecule has 0 aliphatic heterocycles. The standard InChI is InChI=1S/C16H24Br2O2/c1-5-11(3)9-19-15-7-14(18)16(8-13(15)17)20-10-12(4)6-2/h7-8,11-12H,5-6,9-10H2,1-4H3/t11-,12-/m0/s1. The molecule has 0 bridgehead atoms. The molecule has 1 aromatic carbocycles. The predicted molar refractivity (Wildman–Crippen MR) is 91.7 cm³/mol. The molecule has 1 rings (SSSR count). The Balaban J connectivity index is 2.70. The molecule has 4 heteroatoms. The maximum atomic E-state index is 5.84. The highest BCUT2D eigenvalue weighted by atomic mass is 79.9. The van der Waals surface area contributed by atoms with Gasteiger partial charge in [-0.05, 0) is 55.8 Å². The lowest BCUT2D eigenvalue weighted by molar-refractivity contribution is 0.248. The molecule has 1 aromatic rings. The quantitative estimate of drug-likeness (QED) is 0.521. The molecule has 0 fully saturated rings. The highest BCUT2D eigenvalue weighted by molar-refractivity contribution is 9.11. The first kappa shape index (κ1) is 17.8. The van der Waals surface area contributed by atoms with Crippen LogP contribution in [0.2, 0.25) is 0 Å². The van der Waals surface area contributed by atoms with Crippen LogP contribution in [0, 0.1) is 11.8 Å². The molecule has 0 amide bonds. The van der Waals surface area contributed by atoms with Gasteiger partial charge >= 0.3 is 0 Å². The minimum atomic E-state index is 0.557. The van der Waals surface area contributed by atoms with Crippen LogP contribution in [0.1, 0.15) is 40.5 Å². The van der Waals surface area contributed by atoms with E-state index in [1.165, 1.54) is 0 Å². The van der Waals surface area contributed by atoms with Gasteiger partial charge in [0.1, 0.15) is 11.5 Å². The van der Waals surface area contributed by atoms with Gasteiger partial charge in [-0.3, -0.25) is 0 Å². The first-order valence-electron chi connectivity index (χ1n) is 7.22. The molecule has 0 aliphatic rings. The Hall–Kier alpha value is -0.220. The Bertz CT molecular complexity index is 381. The van der Waals surface area contributed by atoms with Crippen LogP contribution in [0.5, 0.6) is 11.5 Å². The summed E-state index contributed by atoms with van der Waals surface area (Å²) in [7, 11) is 0. The lowest BCUT2D eigenvalue weighted by atomic mass is 10.1. The zero-order valence-corrected chi connectivity index (χ0v) is 15.9. The lowest BCUT2D eigenvalue weighted by Crippen LogP contribution is -2.09. The Labute approximate surface area is 139 Å². The summed E-state index contributed by atoms with van der Waals surface area (Å²) in [5.41, 5.74) is 0. The minimum absolute atomic E-state index is 0.557. The van der Waals surface area contributed by atoms with Crippen LogP contribution in [-0.2, 0) is 0 Å². The highest BCUT2D eigenvalue weighted by Crippen LogP contribution is 2.36. The molecule has 0 saturated carbocycles. The third-order valence-corrected chi connectivity index (χ3v) is 4.67. The third-order valence-electron chi connectivity index (χ3n) is 3.43. The van der Waals surface area contributed by atoms with Crippen LogP contribution in [0.3, 0.4) is 0 Å². The number of hydrogen-bond acceptors (Lipinski definition) is 2. The predicted octanol–water partition coefficient (Wildman–Crippen LogP) is 6.06. The van der Waals surface area contributed by atoms with Crippen molar-refractivity contribution in [2.24, 2.45) is 11.8 Å². The van der Waals surface area contributed by atoms with Crippen LogP contribution >= 0.6 is 31.9 Å². The minimum Gasteiger partial charge on any atom is -0.492 e. The molecule has 0 radical (unpaired) electrons. The maximum Gasteiger partial charge on any atom is 0.134 e. The van der Waals surface area contributed by atoms with Crippen LogP contribution in [0.25, 0.3) is 0 Å². The SMILES string of the molecule is CC[C@H](C)COc1cc(Br)c(OC[C@@H](C)CC)cc1Br. The van der Waals surface area contributed by atoms with Gasteiger partial charge in [-0.25, -0.2) is 0 Å². The van der Waals surface area contributed by atoms with E-state index in [1.54, 1.807) is 0 Å². The van der Waals surface area contributed by atoms with Gasteiger partial charge in [0, 0.05) is 0 Å². The largest absolute Gasteiger partial charge is 0.492 e. The monoisotopic (exact) mass is 406 g/mol. The first-order valence-corrected chi connectivity index (χ1v) is 8.81. The summed E-state index contributed by atoms with van der Waals surface area (Å²) in [5, 5.41) is 0. The molecular weight excluding hydrogens is 384 g/mol. The first-order chi connectivity index (χ1) is 9.47. The van der Waals surface area contributed by atoms with E-state index in [1.807, 2.05) is 12.1 Å². The Morgan fingerprint density at radius 1 is 0.850 bits per heavy atom. The van der Waals surface area contributed by atoms with Crippen molar-refractivity contribution in [2.45, 2.75) is 40.5 Å². The van der Waals surface area contributed by atoms with Crippen molar-refractivity contribution >= 4 is 31.9 Å². The summed E-state index contributed by atoms with van der Waals surface area (Å²) in [6.07, 6.45) is 2.24. The summed E-state index contributed by atoms with van der Waals surface area (Å²) in [4.78, 5) is 0. The maximum absolute atomic E-state index is 5.84. The number of benzene rings is 1. The molecule has 20 heavy (non-hydrogen) atoms. The fraction of sp³-hybridized carbons (Fsp3) is 0.625. The molecule has 0 saturated heterocycles. The molecule has 0 spiro atoms. The van der Waals surface area contributed by atoms with Gasteiger partial charge in [-0.2, -0.15) is 0 Å². The van der Waals surface area contributed by atoms with Gasteiger partial charge in [0.25, 0.3) is 0 Å². The van der Waals surface area contributed by atoms with Crippen molar-refractivity contribution in [3.8, 4) is 11.5 Å². The van der Waals surface area contributed by atoms with Crippen molar-refractivity contribution in [3.05, 3.63) is 21.1 Å². The number of hydrogen-bond donors (Lipinski definition) is 0. The zero-order valence-electron chi connectivity index (χ0n) is 12.7. The normalized spacial score (nSPS) is 13.9. The molecule has 0 heterocycles. The van der Waals surface area contributed by atoms with E-state index < -0.39 is 0 Å².